The van der Waals surface area contributed by atoms with Gasteiger partial charge in [-0.1, -0.05) is 33.1 Å². The third-order valence-electron chi connectivity index (χ3n) is 3.76. The minimum atomic E-state index is -0.159. The highest BCUT2D eigenvalue weighted by molar-refractivity contribution is 5.89. The molecule has 2 amide bonds. The normalized spacial score (nSPS) is 11.8. The Morgan fingerprint density at radius 3 is 2.52 bits per heavy atom. The lowest BCUT2D eigenvalue weighted by atomic mass is 9.99. The van der Waals surface area contributed by atoms with Gasteiger partial charge in [0, 0.05) is 19.3 Å². The van der Waals surface area contributed by atoms with Crippen molar-refractivity contribution in [3.05, 3.63) is 24.3 Å². The first-order valence-electron chi connectivity index (χ1n) is 8.46. The Kier molecular flexibility index (Phi) is 9.87. The quantitative estimate of drug-likeness (QED) is 0.604. The summed E-state index contributed by atoms with van der Waals surface area (Å²) >= 11 is 0. The number of hydrogen-bond donors (Lipinski definition) is 2. The minimum absolute atomic E-state index is 0.159. The van der Waals surface area contributed by atoms with Crippen LogP contribution in [0.4, 0.5) is 10.5 Å². The molecule has 5 nitrogen and oxygen atoms in total. The summed E-state index contributed by atoms with van der Waals surface area (Å²) in [6.45, 7) is 6.15. The van der Waals surface area contributed by atoms with Gasteiger partial charge in [0.25, 0.3) is 0 Å². The van der Waals surface area contributed by atoms with Gasteiger partial charge in [-0.25, -0.2) is 4.79 Å². The molecule has 1 aromatic rings. The molecule has 0 aromatic heterocycles. The number of amides is 2. The number of methoxy groups -OCH3 is 1. The number of carbonyl (C=O) groups is 1. The molecule has 0 spiro atoms. The molecule has 1 unspecified atom stereocenters. The molecular weight excluding hydrogens is 292 g/mol. The highest BCUT2D eigenvalue weighted by Crippen LogP contribution is 2.16. The summed E-state index contributed by atoms with van der Waals surface area (Å²) in [4.78, 5) is 11.9. The number of carbonyl (C=O) groups excluding carboxylic acids is 1. The molecular formula is C18H30N2O3. The number of anilines is 1. The van der Waals surface area contributed by atoms with Crippen molar-refractivity contribution < 1.29 is 14.3 Å². The Hall–Kier alpha value is -1.75. The van der Waals surface area contributed by atoms with Crippen molar-refractivity contribution >= 4 is 11.7 Å². The maximum Gasteiger partial charge on any atom is 0.319 e. The van der Waals surface area contributed by atoms with Crippen molar-refractivity contribution in [2.75, 3.05) is 32.2 Å². The van der Waals surface area contributed by atoms with E-state index >= 15 is 0 Å². The molecule has 0 saturated carbocycles. The summed E-state index contributed by atoms with van der Waals surface area (Å²) in [6, 6.07) is 7.17. The maximum absolute atomic E-state index is 11.9. The van der Waals surface area contributed by atoms with Crippen molar-refractivity contribution in [2.45, 2.75) is 39.5 Å². The van der Waals surface area contributed by atoms with Crippen molar-refractivity contribution in [2.24, 2.45) is 5.92 Å². The van der Waals surface area contributed by atoms with Crippen LogP contribution >= 0.6 is 0 Å². The van der Waals surface area contributed by atoms with Crippen molar-refractivity contribution in [1.29, 1.82) is 0 Å². The van der Waals surface area contributed by atoms with Gasteiger partial charge in [-0.15, -0.1) is 0 Å². The standard InChI is InChI=1S/C18H30N2O3/c1-4-6-7-15(5-2)14-19-18(21)20-16-8-10-17(11-9-16)23-13-12-22-3/h8-11,15H,4-7,12-14H2,1-3H3,(H2,19,20,21). The third kappa shape index (κ3) is 8.45. The van der Waals surface area contributed by atoms with Gasteiger partial charge in [0.05, 0.1) is 6.61 Å². The number of ether oxygens (including phenoxy) is 2. The number of benzene rings is 1. The fourth-order valence-electron chi connectivity index (χ4n) is 2.23. The molecule has 1 aromatic carbocycles. The fraction of sp³-hybridized carbons (Fsp3) is 0.611. The van der Waals surface area contributed by atoms with Gasteiger partial charge in [-0.2, -0.15) is 0 Å². The Bertz CT molecular complexity index is 434. The molecule has 5 heteroatoms. The predicted octanol–water partition coefficient (Wildman–Crippen LogP) is 4.05. The molecule has 0 bridgehead atoms. The Morgan fingerprint density at radius 2 is 1.91 bits per heavy atom. The number of urea groups is 1. The zero-order chi connectivity index (χ0) is 16.9. The second-order valence-electron chi connectivity index (χ2n) is 5.62. The molecule has 0 fully saturated rings. The van der Waals surface area contributed by atoms with Gasteiger partial charge in [0.15, 0.2) is 0 Å². The highest BCUT2D eigenvalue weighted by atomic mass is 16.5. The van der Waals surface area contributed by atoms with E-state index in [1.54, 1.807) is 7.11 Å². The lowest BCUT2D eigenvalue weighted by molar-refractivity contribution is 0.146. The molecule has 2 N–H and O–H groups in total. The van der Waals surface area contributed by atoms with E-state index in [1.807, 2.05) is 24.3 Å². The van der Waals surface area contributed by atoms with Gasteiger partial charge < -0.3 is 20.1 Å². The molecule has 0 radical (unpaired) electrons. The Labute approximate surface area is 139 Å². The molecule has 0 aliphatic carbocycles. The molecule has 0 aliphatic rings. The zero-order valence-corrected chi connectivity index (χ0v) is 14.6. The van der Waals surface area contributed by atoms with Crippen LogP contribution in [-0.4, -0.2) is 32.9 Å². The average Bonchev–Trinajstić information content (AvgIpc) is 2.57. The third-order valence-corrected chi connectivity index (χ3v) is 3.76. The van der Waals surface area contributed by atoms with E-state index in [0.717, 1.165) is 24.4 Å². The van der Waals surface area contributed by atoms with Crippen LogP contribution in [0.15, 0.2) is 24.3 Å². The lowest BCUT2D eigenvalue weighted by Gasteiger charge is -2.15. The fourth-order valence-corrected chi connectivity index (χ4v) is 2.23. The van der Waals surface area contributed by atoms with Gasteiger partial charge in [-0.3, -0.25) is 0 Å². The van der Waals surface area contributed by atoms with Crippen molar-refractivity contribution in [3.8, 4) is 5.75 Å². The monoisotopic (exact) mass is 322 g/mol. The maximum atomic E-state index is 11.9. The first-order chi connectivity index (χ1) is 11.2. The van der Waals surface area contributed by atoms with Crippen LogP contribution in [0.2, 0.25) is 0 Å². The first kappa shape index (κ1) is 19.3. The number of unbranched alkanes of at least 4 members (excludes halogenated alkanes) is 1. The molecule has 130 valence electrons. The first-order valence-corrected chi connectivity index (χ1v) is 8.46. The SMILES string of the molecule is CCCCC(CC)CNC(=O)Nc1ccc(OCCOC)cc1. The summed E-state index contributed by atoms with van der Waals surface area (Å²) in [5.41, 5.74) is 0.753. The summed E-state index contributed by atoms with van der Waals surface area (Å²) in [7, 11) is 1.64. The Morgan fingerprint density at radius 1 is 1.17 bits per heavy atom. The second kappa shape index (κ2) is 11.8. The van der Waals surface area contributed by atoms with E-state index in [1.165, 1.54) is 19.3 Å². The van der Waals surface area contributed by atoms with Gasteiger partial charge in [-0.05, 0) is 36.6 Å². The minimum Gasteiger partial charge on any atom is -0.491 e. The number of nitrogens with one attached hydrogen (secondary N) is 2. The van der Waals surface area contributed by atoms with Crippen LogP contribution in [-0.2, 0) is 4.74 Å². The second-order valence-corrected chi connectivity index (χ2v) is 5.62. The van der Waals surface area contributed by atoms with Gasteiger partial charge in [0.1, 0.15) is 12.4 Å². The van der Waals surface area contributed by atoms with Gasteiger partial charge in [0.2, 0.25) is 0 Å². The van der Waals surface area contributed by atoms with Gasteiger partial charge >= 0.3 is 6.03 Å². The van der Waals surface area contributed by atoms with Crippen LogP contribution in [0.5, 0.6) is 5.75 Å². The zero-order valence-electron chi connectivity index (χ0n) is 14.6. The van der Waals surface area contributed by atoms with E-state index in [4.69, 9.17) is 9.47 Å². The molecule has 0 saturated heterocycles. The van der Waals surface area contributed by atoms with E-state index in [2.05, 4.69) is 24.5 Å². The topological polar surface area (TPSA) is 59.6 Å². The van der Waals surface area contributed by atoms with E-state index in [9.17, 15) is 4.79 Å². The summed E-state index contributed by atoms with van der Waals surface area (Å²) in [5.74, 6) is 1.32. The van der Waals surface area contributed by atoms with Crippen LogP contribution in [0, 0.1) is 5.92 Å². The smallest absolute Gasteiger partial charge is 0.319 e. The van der Waals surface area contributed by atoms with Crippen molar-refractivity contribution in [1.82, 2.24) is 5.32 Å². The summed E-state index contributed by atoms with van der Waals surface area (Å²) in [6.07, 6.45) is 4.67. The number of hydrogen-bond acceptors (Lipinski definition) is 3. The van der Waals surface area contributed by atoms with Crippen LogP contribution in [0.1, 0.15) is 39.5 Å². The molecule has 1 rings (SSSR count). The lowest BCUT2D eigenvalue weighted by Crippen LogP contribution is -2.33. The largest absolute Gasteiger partial charge is 0.491 e. The Balaban J connectivity index is 2.33. The van der Waals surface area contributed by atoms with E-state index in [-0.39, 0.29) is 6.03 Å². The summed E-state index contributed by atoms with van der Waals surface area (Å²) < 4.78 is 10.4. The van der Waals surface area contributed by atoms with E-state index < -0.39 is 0 Å². The van der Waals surface area contributed by atoms with Crippen LogP contribution in [0.25, 0.3) is 0 Å². The predicted molar refractivity (Wildman–Crippen MR) is 94.1 cm³/mol. The average molecular weight is 322 g/mol. The molecule has 0 heterocycles. The molecule has 0 aliphatic heterocycles. The molecule has 23 heavy (non-hydrogen) atoms. The van der Waals surface area contributed by atoms with Crippen LogP contribution in [0.3, 0.4) is 0 Å². The summed E-state index contributed by atoms with van der Waals surface area (Å²) in [5, 5.41) is 5.79. The molecule has 1 atom stereocenters. The van der Waals surface area contributed by atoms with E-state index in [0.29, 0.717) is 19.1 Å². The van der Waals surface area contributed by atoms with Crippen LogP contribution < -0.4 is 15.4 Å². The number of rotatable bonds is 11. The van der Waals surface area contributed by atoms with Crippen molar-refractivity contribution in [3.63, 3.8) is 0 Å². The highest BCUT2D eigenvalue weighted by Gasteiger charge is 2.08.